The minimum atomic E-state index is -0.263. The molecular formula is C15H13BrFN3. The first-order valence-electron chi connectivity index (χ1n) is 6.26. The van der Waals surface area contributed by atoms with Gasteiger partial charge in [0, 0.05) is 22.3 Å². The van der Waals surface area contributed by atoms with Crippen molar-refractivity contribution >= 4 is 21.4 Å². The molecule has 0 amide bonds. The molecule has 2 heterocycles. The molecule has 2 aromatic heterocycles. The van der Waals surface area contributed by atoms with Crippen LogP contribution >= 0.6 is 15.9 Å². The van der Waals surface area contributed by atoms with Crippen molar-refractivity contribution in [2.75, 3.05) is 0 Å². The standard InChI is InChI=1S/C15H13BrFN3/c16-11-5-10(6-12(17)8-11)7-14(18)13-9-19-20-4-2-1-3-15(13)20/h1-6,8-9,14H,7,18H2. The van der Waals surface area contributed by atoms with E-state index >= 15 is 0 Å². The highest BCUT2D eigenvalue weighted by atomic mass is 79.9. The predicted molar refractivity (Wildman–Crippen MR) is 79.9 cm³/mol. The van der Waals surface area contributed by atoms with Crippen molar-refractivity contribution < 1.29 is 4.39 Å². The van der Waals surface area contributed by atoms with Crippen LogP contribution < -0.4 is 5.73 Å². The Morgan fingerprint density at radius 2 is 2.15 bits per heavy atom. The van der Waals surface area contributed by atoms with E-state index in [1.807, 2.05) is 30.5 Å². The number of hydrogen-bond acceptors (Lipinski definition) is 2. The Morgan fingerprint density at radius 3 is 2.95 bits per heavy atom. The second-order valence-electron chi connectivity index (χ2n) is 4.72. The number of halogens is 2. The van der Waals surface area contributed by atoms with Gasteiger partial charge < -0.3 is 5.73 Å². The third-order valence-corrected chi connectivity index (χ3v) is 3.69. The van der Waals surface area contributed by atoms with Crippen LogP contribution in [0.2, 0.25) is 0 Å². The van der Waals surface area contributed by atoms with Crippen LogP contribution in [0, 0.1) is 5.82 Å². The van der Waals surface area contributed by atoms with Crippen LogP contribution in [0.3, 0.4) is 0 Å². The van der Waals surface area contributed by atoms with Gasteiger partial charge in [-0.05, 0) is 42.3 Å². The molecule has 1 atom stereocenters. The minimum Gasteiger partial charge on any atom is -0.324 e. The molecule has 3 nitrogen and oxygen atoms in total. The molecule has 5 heteroatoms. The van der Waals surface area contributed by atoms with Crippen molar-refractivity contribution in [3.63, 3.8) is 0 Å². The molecule has 0 aliphatic carbocycles. The number of fused-ring (bicyclic) bond motifs is 1. The largest absolute Gasteiger partial charge is 0.324 e. The fourth-order valence-electron chi connectivity index (χ4n) is 2.33. The van der Waals surface area contributed by atoms with E-state index in [0.717, 1.165) is 21.1 Å². The summed E-state index contributed by atoms with van der Waals surface area (Å²) in [5, 5.41) is 4.27. The van der Waals surface area contributed by atoms with Crippen molar-refractivity contribution in [3.8, 4) is 0 Å². The number of benzene rings is 1. The van der Waals surface area contributed by atoms with Gasteiger partial charge in [-0.1, -0.05) is 22.0 Å². The van der Waals surface area contributed by atoms with Gasteiger partial charge in [0.05, 0.1) is 11.7 Å². The predicted octanol–water partition coefficient (Wildman–Crippen LogP) is 3.48. The second kappa shape index (κ2) is 5.34. The Kier molecular flexibility index (Phi) is 3.54. The molecule has 1 unspecified atom stereocenters. The zero-order chi connectivity index (χ0) is 14.1. The molecule has 0 aliphatic heterocycles. The van der Waals surface area contributed by atoms with Gasteiger partial charge >= 0.3 is 0 Å². The number of hydrogen-bond donors (Lipinski definition) is 1. The maximum atomic E-state index is 13.4. The summed E-state index contributed by atoms with van der Waals surface area (Å²) in [5.74, 6) is -0.263. The molecule has 0 spiro atoms. The van der Waals surface area contributed by atoms with Crippen molar-refractivity contribution in [2.45, 2.75) is 12.5 Å². The maximum Gasteiger partial charge on any atom is 0.124 e. The molecule has 3 aromatic rings. The quantitative estimate of drug-likeness (QED) is 0.797. The molecular weight excluding hydrogens is 321 g/mol. The summed E-state index contributed by atoms with van der Waals surface area (Å²) in [6, 6.07) is 10.5. The van der Waals surface area contributed by atoms with E-state index in [2.05, 4.69) is 21.0 Å². The molecule has 102 valence electrons. The van der Waals surface area contributed by atoms with Gasteiger partial charge in [-0.15, -0.1) is 0 Å². The maximum absolute atomic E-state index is 13.4. The lowest BCUT2D eigenvalue weighted by Crippen LogP contribution is -2.13. The van der Waals surface area contributed by atoms with Gasteiger partial charge in [0.2, 0.25) is 0 Å². The Morgan fingerprint density at radius 1 is 1.30 bits per heavy atom. The van der Waals surface area contributed by atoms with Gasteiger partial charge in [0.15, 0.2) is 0 Å². The first kappa shape index (κ1) is 13.3. The van der Waals surface area contributed by atoms with E-state index in [-0.39, 0.29) is 11.9 Å². The van der Waals surface area contributed by atoms with Crippen LogP contribution in [0.5, 0.6) is 0 Å². The smallest absolute Gasteiger partial charge is 0.124 e. The fraction of sp³-hybridized carbons (Fsp3) is 0.133. The zero-order valence-electron chi connectivity index (χ0n) is 10.6. The lowest BCUT2D eigenvalue weighted by molar-refractivity contribution is 0.621. The zero-order valence-corrected chi connectivity index (χ0v) is 12.2. The van der Waals surface area contributed by atoms with Crippen LogP contribution in [0.15, 0.2) is 53.3 Å². The van der Waals surface area contributed by atoms with Crippen molar-refractivity contribution in [2.24, 2.45) is 5.73 Å². The number of nitrogens with zero attached hydrogens (tertiary/aromatic N) is 2. The molecule has 2 N–H and O–H groups in total. The fourth-order valence-corrected chi connectivity index (χ4v) is 2.85. The molecule has 0 radical (unpaired) electrons. The summed E-state index contributed by atoms with van der Waals surface area (Å²) in [6.45, 7) is 0. The molecule has 0 fully saturated rings. The summed E-state index contributed by atoms with van der Waals surface area (Å²) in [5.41, 5.74) is 9.05. The first-order chi connectivity index (χ1) is 9.63. The summed E-state index contributed by atoms with van der Waals surface area (Å²) >= 11 is 3.29. The van der Waals surface area contributed by atoms with E-state index in [0.29, 0.717) is 6.42 Å². The van der Waals surface area contributed by atoms with Gasteiger partial charge in [-0.2, -0.15) is 5.10 Å². The number of rotatable bonds is 3. The Hall–Kier alpha value is -1.72. The molecule has 1 aromatic carbocycles. The van der Waals surface area contributed by atoms with Crippen LogP contribution in [0.25, 0.3) is 5.52 Å². The number of nitrogens with two attached hydrogens (primary N) is 1. The van der Waals surface area contributed by atoms with Crippen molar-refractivity contribution in [1.82, 2.24) is 9.61 Å². The summed E-state index contributed by atoms with van der Waals surface area (Å²) in [4.78, 5) is 0. The highest BCUT2D eigenvalue weighted by Crippen LogP contribution is 2.23. The van der Waals surface area contributed by atoms with E-state index in [1.54, 1.807) is 10.7 Å². The van der Waals surface area contributed by atoms with E-state index in [9.17, 15) is 4.39 Å². The average molecular weight is 334 g/mol. The Labute approximate surface area is 124 Å². The van der Waals surface area contributed by atoms with E-state index < -0.39 is 0 Å². The summed E-state index contributed by atoms with van der Waals surface area (Å²) in [6.07, 6.45) is 4.21. The molecule has 0 saturated carbocycles. The van der Waals surface area contributed by atoms with Crippen LogP contribution in [-0.2, 0) is 6.42 Å². The molecule has 0 saturated heterocycles. The SMILES string of the molecule is NC(Cc1cc(F)cc(Br)c1)c1cnn2ccccc12. The number of aromatic nitrogens is 2. The lowest BCUT2D eigenvalue weighted by atomic mass is 10.0. The van der Waals surface area contributed by atoms with Gasteiger partial charge in [-0.25, -0.2) is 8.91 Å². The van der Waals surface area contributed by atoms with Crippen LogP contribution in [0.1, 0.15) is 17.2 Å². The second-order valence-corrected chi connectivity index (χ2v) is 5.63. The summed E-state index contributed by atoms with van der Waals surface area (Å²) in [7, 11) is 0. The molecule has 0 bridgehead atoms. The van der Waals surface area contributed by atoms with Crippen LogP contribution in [0.4, 0.5) is 4.39 Å². The number of pyridine rings is 1. The van der Waals surface area contributed by atoms with Gasteiger partial charge in [0.1, 0.15) is 5.82 Å². The average Bonchev–Trinajstić information content (AvgIpc) is 2.81. The highest BCUT2D eigenvalue weighted by molar-refractivity contribution is 9.10. The monoisotopic (exact) mass is 333 g/mol. The molecule has 3 rings (SSSR count). The van der Waals surface area contributed by atoms with E-state index in [1.165, 1.54) is 12.1 Å². The lowest BCUT2D eigenvalue weighted by Gasteiger charge is -2.11. The van der Waals surface area contributed by atoms with Crippen molar-refractivity contribution in [3.05, 3.63) is 70.2 Å². The Balaban J connectivity index is 1.91. The van der Waals surface area contributed by atoms with Gasteiger partial charge in [-0.3, -0.25) is 0 Å². The molecule has 0 aliphatic rings. The third kappa shape index (κ3) is 2.59. The topological polar surface area (TPSA) is 43.3 Å². The van der Waals surface area contributed by atoms with E-state index in [4.69, 9.17) is 5.73 Å². The first-order valence-corrected chi connectivity index (χ1v) is 7.05. The Bertz CT molecular complexity index is 733. The van der Waals surface area contributed by atoms with Gasteiger partial charge in [0.25, 0.3) is 0 Å². The minimum absolute atomic E-state index is 0.219. The molecule has 20 heavy (non-hydrogen) atoms. The normalized spacial score (nSPS) is 12.8. The highest BCUT2D eigenvalue weighted by Gasteiger charge is 2.13. The third-order valence-electron chi connectivity index (χ3n) is 3.23. The van der Waals surface area contributed by atoms with Crippen molar-refractivity contribution in [1.29, 1.82) is 0 Å². The van der Waals surface area contributed by atoms with Crippen LogP contribution in [-0.4, -0.2) is 9.61 Å². The summed E-state index contributed by atoms with van der Waals surface area (Å²) < 4.78 is 15.9.